The SMILES string of the molecule is C[C@H](c1ccccc1)N1[C@@H]2CCCC(=O)[C@@H]21. The number of hydrogen-bond acceptors (Lipinski definition) is 2. The summed E-state index contributed by atoms with van der Waals surface area (Å²) in [6, 6.07) is 11.6. The van der Waals surface area contributed by atoms with Crippen LogP contribution < -0.4 is 0 Å². The number of nitrogens with zero attached hydrogens (tertiary/aromatic N) is 1. The van der Waals surface area contributed by atoms with Crippen molar-refractivity contribution in [2.75, 3.05) is 0 Å². The molecule has 16 heavy (non-hydrogen) atoms. The van der Waals surface area contributed by atoms with Gasteiger partial charge in [0.15, 0.2) is 5.78 Å². The molecular weight excluding hydrogens is 198 g/mol. The molecule has 1 heterocycles. The lowest BCUT2D eigenvalue weighted by molar-refractivity contribution is -0.120. The summed E-state index contributed by atoms with van der Waals surface area (Å²) < 4.78 is 0. The Labute approximate surface area is 96.3 Å². The van der Waals surface area contributed by atoms with Gasteiger partial charge in [0.2, 0.25) is 0 Å². The topological polar surface area (TPSA) is 20.1 Å². The molecule has 2 heteroatoms. The molecule has 2 aliphatic rings. The van der Waals surface area contributed by atoms with Crippen LogP contribution in [-0.2, 0) is 4.79 Å². The standard InChI is InChI=1S/C14H17NO/c1-10(11-6-3-2-4-7-11)15-12-8-5-9-13(16)14(12)15/h2-4,6-7,10,12,14H,5,8-9H2,1H3/t10-,12-,14-,15?/m1/s1. The molecular formula is C14H17NO. The molecule has 1 saturated carbocycles. The van der Waals surface area contributed by atoms with Crippen molar-refractivity contribution in [3.8, 4) is 0 Å². The highest BCUT2D eigenvalue weighted by Gasteiger charge is 2.55. The van der Waals surface area contributed by atoms with Crippen LogP contribution in [-0.4, -0.2) is 22.8 Å². The molecule has 0 N–H and O–H groups in total. The van der Waals surface area contributed by atoms with E-state index in [0.29, 0.717) is 17.9 Å². The summed E-state index contributed by atoms with van der Waals surface area (Å²) in [6.45, 7) is 2.21. The predicted molar refractivity (Wildman–Crippen MR) is 63.1 cm³/mol. The predicted octanol–water partition coefficient (Wildman–Crippen LogP) is 2.55. The molecule has 2 fully saturated rings. The molecule has 84 valence electrons. The van der Waals surface area contributed by atoms with E-state index in [9.17, 15) is 4.79 Å². The van der Waals surface area contributed by atoms with Crippen LogP contribution in [0.2, 0.25) is 0 Å². The Morgan fingerprint density at radius 3 is 2.75 bits per heavy atom. The molecule has 1 aromatic carbocycles. The van der Waals surface area contributed by atoms with E-state index in [0.717, 1.165) is 12.8 Å². The van der Waals surface area contributed by atoms with Gasteiger partial charge in [-0.05, 0) is 25.3 Å². The highest BCUT2D eigenvalue weighted by molar-refractivity contribution is 5.88. The lowest BCUT2D eigenvalue weighted by Crippen LogP contribution is -2.16. The Morgan fingerprint density at radius 2 is 2.06 bits per heavy atom. The summed E-state index contributed by atoms with van der Waals surface area (Å²) in [7, 11) is 0. The van der Waals surface area contributed by atoms with Crippen molar-refractivity contribution in [2.24, 2.45) is 0 Å². The molecule has 1 aliphatic heterocycles. The first-order valence-electron chi connectivity index (χ1n) is 6.14. The van der Waals surface area contributed by atoms with Gasteiger partial charge in [-0.15, -0.1) is 0 Å². The second kappa shape index (κ2) is 3.70. The maximum Gasteiger partial charge on any atom is 0.151 e. The van der Waals surface area contributed by atoms with Crippen LogP contribution in [0.4, 0.5) is 0 Å². The van der Waals surface area contributed by atoms with Crippen molar-refractivity contribution in [3.05, 3.63) is 35.9 Å². The lowest BCUT2D eigenvalue weighted by atomic mass is 10.00. The number of Topliss-reactive ketones (excluding diaryl/α,β-unsaturated/α-hetero) is 1. The van der Waals surface area contributed by atoms with Gasteiger partial charge in [0.25, 0.3) is 0 Å². The summed E-state index contributed by atoms with van der Waals surface area (Å²) in [5, 5.41) is 0. The maximum atomic E-state index is 11.7. The molecule has 0 bridgehead atoms. The van der Waals surface area contributed by atoms with E-state index in [4.69, 9.17) is 0 Å². The fourth-order valence-corrected chi connectivity index (χ4v) is 3.05. The number of ketones is 1. The van der Waals surface area contributed by atoms with E-state index in [2.05, 4.69) is 36.1 Å². The van der Waals surface area contributed by atoms with E-state index in [1.807, 2.05) is 6.07 Å². The van der Waals surface area contributed by atoms with Crippen LogP contribution in [0.15, 0.2) is 30.3 Å². The van der Waals surface area contributed by atoms with E-state index in [1.165, 1.54) is 12.0 Å². The summed E-state index contributed by atoms with van der Waals surface area (Å²) in [6.07, 6.45) is 3.07. The average Bonchev–Trinajstić information content (AvgIpc) is 3.05. The van der Waals surface area contributed by atoms with Gasteiger partial charge < -0.3 is 0 Å². The molecule has 0 aromatic heterocycles. The third-order valence-electron chi connectivity index (χ3n) is 3.96. The Bertz CT molecular complexity index is 400. The van der Waals surface area contributed by atoms with Crippen LogP contribution in [0, 0.1) is 0 Å². The minimum Gasteiger partial charge on any atom is -0.298 e. The van der Waals surface area contributed by atoms with Crippen LogP contribution in [0.3, 0.4) is 0 Å². The van der Waals surface area contributed by atoms with Gasteiger partial charge in [-0.2, -0.15) is 0 Å². The first-order chi connectivity index (χ1) is 7.79. The van der Waals surface area contributed by atoms with Gasteiger partial charge in [-0.3, -0.25) is 9.69 Å². The Kier molecular flexibility index (Phi) is 2.32. The van der Waals surface area contributed by atoms with Crippen molar-refractivity contribution in [1.29, 1.82) is 0 Å². The largest absolute Gasteiger partial charge is 0.298 e. The zero-order chi connectivity index (χ0) is 11.1. The van der Waals surface area contributed by atoms with Crippen molar-refractivity contribution < 1.29 is 4.79 Å². The monoisotopic (exact) mass is 215 g/mol. The fraction of sp³-hybridized carbons (Fsp3) is 0.500. The highest BCUT2D eigenvalue weighted by atomic mass is 16.1. The Balaban J connectivity index is 1.78. The summed E-state index contributed by atoms with van der Waals surface area (Å²) >= 11 is 0. The van der Waals surface area contributed by atoms with Crippen molar-refractivity contribution in [1.82, 2.24) is 4.90 Å². The smallest absolute Gasteiger partial charge is 0.151 e. The van der Waals surface area contributed by atoms with Gasteiger partial charge in [0, 0.05) is 18.5 Å². The van der Waals surface area contributed by atoms with E-state index < -0.39 is 0 Å². The van der Waals surface area contributed by atoms with Gasteiger partial charge in [-0.25, -0.2) is 0 Å². The molecule has 2 nitrogen and oxygen atoms in total. The minimum atomic E-state index is 0.240. The average molecular weight is 215 g/mol. The zero-order valence-corrected chi connectivity index (χ0v) is 9.60. The van der Waals surface area contributed by atoms with Crippen molar-refractivity contribution in [3.63, 3.8) is 0 Å². The van der Waals surface area contributed by atoms with Crippen molar-refractivity contribution in [2.45, 2.75) is 44.3 Å². The number of carbonyl (C=O) groups is 1. The minimum absolute atomic E-state index is 0.240. The summed E-state index contributed by atoms with van der Waals surface area (Å²) in [4.78, 5) is 14.1. The number of carbonyl (C=O) groups excluding carboxylic acids is 1. The molecule has 1 aromatic rings. The molecule has 0 amide bonds. The number of rotatable bonds is 2. The van der Waals surface area contributed by atoms with Gasteiger partial charge in [-0.1, -0.05) is 30.3 Å². The fourth-order valence-electron chi connectivity index (χ4n) is 3.05. The van der Waals surface area contributed by atoms with Crippen LogP contribution in [0.5, 0.6) is 0 Å². The van der Waals surface area contributed by atoms with Crippen LogP contribution in [0.1, 0.15) is 37.8 Å². The Morgan fingerprint density at radius 1 is 1.31 bits per heavy atom. The molecule has 0 radical (unpaired) electrons. The third kappa shape index (κ3) is 1.49. The van der Waals surface area contributed by atoms with Gasteiger partial charge in [0.1, 0.15) is 0 Å². The van der Waals surface area contributed by atoms with Gasteiger partial charge >= 0.3 is 0 Å². The maximum absolute atomic E-state index is 11.7. The molecule has 3 rings (SSSR count). The second-order valence-corrected chi connectivity index (χ2v) is 4.90. The molecule has 4 atom stereocenters. The number of hydrogen-bond donors (Lipinski definition) is 0. The van der Waals surface area contributed by atoms with Crippen molar-refractivity contribution >= 4 is 5.78 Å². The van der Waals surface area contributed by atoms with Crippen LogP contribution >= 0.6 is 0 Å². The first kappa shape index (κ1) is 10.0. The number of benzene rings is 1. The first-order valence-corrected chi connectivity index (χ1v) is 6.14. The van der Waals surface area contributed by atoms with Crippen LogP contribution in [0.25, 0.3) is 0 Å². The quantitative estimate of drug-likeness (QED) is 0.706. The normalized spacial score (nSPS) is 34.3. The molecule has 1 aliphatic carbocycles. The van der Waals surface area contributed by atoms with Gasteiger partial charge in [0.05, 0.1) is 6.04 Å². The third-order valence-corrected chi connectivity index (χ3v) is 3.96. The Hall–Kier alpha value is -1.15. The van der Waals surface area contributed by atoms with E-state index >= 15 is 0 Å². The zero-order valence-electron chi connectivity index (χ0n) is 9.60. The second-order valence-electron chi connectivity index (χ2n) is 4.90. The summed E-state index contributed by atoms with van der Waals surface area (Å²) in [5.41, 5.74) is 1.32. The molecule has 0 spiro atoms. The highest BCUT2D eigenvalue weighted by Crippen LogP contribution is 2.44. The number of likely N-dealkylation sites (tertiary alicyclic amines) is 1. The molecule has 1 unspecified atom stereocenters. The number of fused-ring (bicyclic) bond motifs is 1. The summed E-state index contributed by atoms with van der Waals surface area (Å²) in [5.74, 6) is 0.457. The van der Waals surface area contributed by atoms with E-state index in [1.54, 1.807) is 0 Å². The molecule has 1 saturated heterocycles. The lowest BCUT2D eigenvalue weighted by Gasteiger charge is -2.14. The van der Waals surface area contributed by atoms with E-state index in [-0.39, 0.29) is 6.04 Å².